The molecule has 0 unspecified atom stereocenters. The van der Waals surface area contributed by atoms with E-state index in [2.05, 4.69) is 25.7 Å². The number of thiazole rings is 1. The Kier molecular flexibility index (Phi) is 3.77. The van der Waals surface area contributed by atoms with E-state index in [1.54, 1.807) is 11.3 Å². The minimum Gasteiger partial charge on any atom is -0.356 e. The van der Waals surface area contributed by atoms with Gasteiger partial charge in [-0.25, -0.2) is 9.67 Å². The second-order valence-corrected chi connectivity index (χ2v) is 6.01. The van der Waals surface area contributed by atoms with Gasteiger partial charge in [0.15, 0.2) is 11.1 Å². The van der Waals surface area contributed by atoms with E-state index >= 15 is 0 Å². The number of benzene rings is 1. The fourth-order valence-corrected chi connectivity index (χ4v) is 3.05. The van der Waals surface area contributed by atoms with Crippen LogP contribution in [-0.4, -0.2) is 33.8 Å². The van der Waals surface area contributed by atoms with Gasteiger partial charge in [0.25, 0.3) is 0 Å². The van der Waals surface area contributed by atoms with Crippen LogP contribution in [0.2, 0.25) is 0 Å². The van der Waals surface area contributed by atoms with E-state index in [1.807, 2.05) is 52.7 Å². The van der Waals surface area contributed by atoms with Gasteiger partial charge in [-0.3, -0.25) is 4.99 Å². The van der Waals surface area contributed by atoms with E-state index in [0.29, 0.717) is 0 Å². The highest BCUT2D eigenvalue weighted by molar-refractivity contribution is 7.14. The zero-order valence-electron chi connectivity index (χ0n) is 12.4. The molecule has 0 aliphatic carbocycles. The van der Waals surface area contributed by atoms with Gasteiger partial charge in [-0.05, 0) is 24.6 Å². The zero-order chi connectivity index (χ0) is 15.5. The summed E-state index contributed by atoms with van der Waals surface area (Å²) in [5, 5.41) is 13.9. The average molecular weight is 324 g/mol. The molecule has 2 aromatic heterocycles. The Balaban J connectivity index is 1.53. The summed E-state index contributed by atoms with van der Waals surface area (Å²) in [7, 11) is 0. The Morgan fingerprint density at radius 3 is 2.87 bits per heavy atom. The smallest absolute Gasteiger partial charge is 0.197 e. The van der Waals surface area contributed by atoms with Crippen LogP contribution in [0.5, 0.6) is 0 Å². The predicted octanol–water partition coefficient (Wildman–Crippen LogP) is 2.76. The molecule has 2 N–H and O–H groups in total. The quantitative estimate of drug-likeness (QED) is 0.777. The lowest BCUT2D eigenvalue weighted by Crippen LogP contribution is -2.35. The summed E-state index contributed by atoms with van der Waals surface area (Å²) in [5.74, 6) is 0.798. The number of hydrogen-bond acceptors (Lipinski definition) is 6. The van der Waals surface area contributed by atoms with Crippen molar-refractivity contribution < 1.29 is 0 Å². The molecule has 3 aromatic rings. The molecule has 1 aromatic carbocycles. The fourth-order valence-electron chi connectivity index (χ4n) is 2.35. The first kappa shape index (κ1) is 14.0. The third kappa shape index (κ3) is 3.09. The number of nitrogens with one attached hydrogen (secondary N) is 2. The van der Waals surface area contributed by atoms with Crippen LogP contribution in [0.15, 0.2) is 53.0 Å². The van der Waals surface area contributed by atoms with Gasteiger partial charge in [0, 0.05) is 24.7 Å². The van der Waals surface area contributed by atoms with Crippen LogP contribution in [0.4, 0.5) is 5.13 Å². The van der Waals surface area contributed by atoms with Crippen LogP contribution in [0.25, 0.3) is 17.1 Å². The lowest BCUT2D eigenvalue weighted by molar-refractivity contribution is 0.740. The molecule has 0 spiro atoms. The number of aromatic nitrogens is 3. The second kappa shape index (κ2) is 6.21. The van der Waals surface area contributed by atoms with E-state index < -0.39 is 0 Å². The number of aliphatic imine (C=N–C) groups is 1. The SMILES string of the molecule is c1ccc(-n2ccc(-c3csc(NC4=NCCCN4)n3)n2)cc1. The maximum absolute atomic E-state index is 4.60. The monoisotopic (exact) mass is 324 g/mol. The first-order valence-corrected chi connectivity index (χ1v) is 8.39. The van der Waals surface area contributed by atoms with E-state index in [1.165, 1.54) is 0 Å². The van der Waals surface area contributed by atoms with Gasteiger partial charge in [0.2, 0.25) is 0 Å². The van der Waals surface area contributed by atoms with Gasteiger partial charge >= 0.3 is 0 Å². The number of anilines is 1. The summed E-state index contributed by atoms with van der Waals surface area (Å²) in [6.07, 6.45) is 3.02. The predicted molar refractivity (Wildman–Crippen MR) is 93.2 cm³/mol. The van der Waals surface area contributed by atoms with E-state index in [4.69, 9.17) is 0 Å². The molecule has 0 radical (unpaired) electrons. The van der Waals surface area contributed by atoms with Crippen molar-refractivity contribution in [3.8, 4) is 17.1 Å². The molecule has 0 bridgehead atoms. The second-order valence-electron chi connectivity index (χ2n) is 5.15. The molecule has 0 atom stereocenters. The van der Waals surface area contributed by atoms with E-state index in [0.717, 1.165) is 47.7 Å². The Morgan fingerprint density at radius 1 is 1.13 bits per heavy atom. The highest BCUT2D eigenvalue weighted by atomic mass is 32.1. The number of rotatable bonds is 3. The highest BCUT2D eigenvalue weighted by Gasteiger charge is 2.10. The van der Waals surface area contributed by atoms with Crippen molar-refractivity contribution in [3.05, 3.63) is 48.0 Å². The maximum Gasteiger partial charge on any atom is 0.197 e. The summed E-state index contributed by atoms with van der Waals surface area (Å²) in [6, 6.07) is 12.0. The summed E-state index contributed by atoms with van der Waals surface area (Å²) in [5.41, 5.74) is 2.76. The average Bonchev–Trinajstić information content (AvgIpc) is 3.26. The number of nitrogens with zero attached hydrogens (tertiary/aromatic N) is 4. The van der Waals surface area contributed by atoms with Crippen molar-refractivity contribution in [1.82, 2.24) is 20.1 Å². The Bertz CT molecular complexity index is 820. The lowest BCUT2D eigenvalue weighted by atomic mass is 10.3. The molecular weight excluding hydrogens is 308 g/mol. The number of para-hydroxylation sites is 1. The molecule has 0 saturated heterocycles. The number of hydrogen-bond donors (Lipinski definition) is 2. The van der Waals surface area contributed by atoms with Crippen molar-refractivity contribution in [1.29, 1.82) is 0 Å². The molecule has 0 fully saturated rings. The molecule has 0 saturated carbocycles. The third-order valence-electron chi connectivity index (χ3n) is 3.50. The molecule has 3 heterocycles. The van der Waals surface area contributed by atoms with Crippen LogP contribution in [0.1, 0.15) is 6.42 Å². The summed E-state index contributed by atoms with van der Waals surface area (Å²) < 4.78 is 1.86. The summed E-state index contributed by atoms with van der Waals surface area (Å²) in [4.78, 5) is 8.98. The molecule has 23 heavy (non-hydrogen) atoms. The Labute approximate surface area is 137 Å². The van der Waals surface area contributed by atoms with Gasteiger partial charge in [0.05, 0.1) is 5.69 Å². The first-order valence-electron chi connectivity index (χ1n) is 7.51. The van der Waals surface area contributed by atoms with E-state index in [-0.39, 0.29) is 0 Å². The molecule has 1 aliphatic rings. The molecule has 6 nitrogen and oxygen atoms in total. The highest BCUT2D eigenvalue weighted by Crippen LogP contribution is 2.24. The standard InChI is InChI=1S/C16H16N6S/c1-2-5-12(6-3-1)22-10-7-13(21-22)14-11-23-16(19-14)20-15-17-8-4-9-18-15/h1-3,5-7,10-11H,4,8-9H2,(H2,17,18,19,20). The third-order valence-corrected chi connectivity index (χ3v) is 4.26. The first-order chi connectivity index (χ1) is 11.4. The molecule has 7 heteroatoms. The molecular formula is C16H16N6S. The molecule has 4 rings (SSSR count). The van der Waals surface area contributed by atoms with Crippen molar-refractivity contribution in [2.24, 2.45) is 4.99 Å². The van der Waals surface area contributed by atoms with Gasteiger partial charge in [-0.2, -0.15) is 5.10 Å². The largest absolute Gasteiger partial charge is 0.356 e. The molecule has 116 valence electrons. The topological polar surface area (TPSA) is 67.1 Å². The van der Waals surface area contributed by atoms with Crippen LogP contribution in [-0.2, 0) is 0 Å². The minimum atomic E-state index is 0.798. The van der Waals surface area contributed by atoms with Crippen LogP contribution >= 0.6 is 11.3 Å². The van der Waals surface area contributed by atoms with Crippen LogP contribution in [0, 0.1) is 0 Å². The van der Waals surface area contributed by atoms with Crippen LogP contribution in [0.3, 0.4) is 0 Å². The summed E-state index contributed by atoms with van der Waals surface area (Å²) >= 11 is 1.55. The van der Waals surface area contributed by atoms with Crippen molar-refractivity contribution in [2.45, 2.75) is 6.42 Å². The maximum atomic E-state index is 4.60. The van der Waals surface area contributed by atoms with Gasteiger partial charge in [0.1, 0.15) is 11.4 Å². The van der Waals surface area contributed by atoms with Crippen LogP contribution < -0.4 is 10.6 Å². The van der Waals surface area contributed by atoms with Crippen molar-refractivity contribution >= 4 is 22.4 Å². The lowest BCUT2D eigenvalue weighted by Gasteiger charge is -2.13. The van der Waals surface area contributed by atoms with Gasteiger partial charge in [-0.15, -0.1) is 11.3 Å². The van der Waals surface area contributed by atoms with E-state index in [9.17, 15) is 0 Å². The van der Waals surface area contributed by atoms with Crippen molar-refractivity contribution in [2.75, 3.05) is 18.4 Å². The molecule has 1 aliphatic heterocycles. The zero-order valence-corrected chi connectivity index (χ0v) is 13.3. The fraction of sp³-hybridized carbons (Fsp3) is 0.188. The van der Waals surface area contributed by atoms with Crippen molar-refractivity contribution in [3.63, 3.8) is 0 Å². The summed E-state index contributed by atoms with van der Waals surface area (Å²) in [6.45, 7) is 1.81. The van der Waals surface area contributed by atoms with Gasteiger partial charge < -0.3 is 10.6 Å². The Morgan fingerprint density at radius 2 is 2.04 bits per heavy atom. The Hall–Kier alpha value is -2.67. The van der Waals surface area contributed by atoms with Gasteiger partial charge in [-0.1, -0.05) is 18.2 Å². The number of guanidine groups is 1. The normalized spacial score (nSPS) is 14.2. The molecule has 0 amide bonds. The minimum absolute atomic E-state index is 0.798.